The van der Waals surface area contributed by atoms with Crippen molar-refractivity contribution < 1.29 is 4.74 Å². The Morgan fingerprint density at radius 1 is 1.33 bits per heavy atom. The maximum atomic E-state index is 5.08. The Labute approximate surface area is 130 Å². The second kappa shape index (κ2) is 9.21. The third-order valence-corrected chi connectivity index (χ3v) is 4.48. The molecule has 0 amide bonds. The van der Waals surface area contributed by atoms with Gasteiger partial charge in [-0.15, -0.1) is 0 Å². The van der Waals surface area contributed by atoms with Crippen LogP contribution in [0.25, 0.3) is 0 Å². The van der Waals surface area contributed by atoms with Crippen molar-refractivity contribution in [3.8, 4) is 0 Å². The van der Waals surface area contributed by atoms with E-state index in [4.69, 9.17) is 9.84 Å². The van der Waals surface area contributed by atoms with Crippen molar-refractivity contribution in [2.75, 3.05) is 26.8 Å². The molecule has 21 heavy (non-hydrogen) atoms. The predicted molar refractivity (Wildman–Crippen MR) is 88.7 cm³/mol. The van der Waals surface area contributed by atoms with Gasteiger partial charge in [-0.2, -0.15) is 5.10 Å². The standard InChI is InChI=1S/C17H33N3O/c1-6-16(7-2)20-11-9-15(19-20)13-17(4,8-3)14-18-10-12-21-5/h9,11,16,18H,6-8,10,12-14H2,1-5H3. The largest absolute Gasteiger partial charge is 0.383 e. The molecule has 0 bridgehead atoms. The van der Waals surface area contributed by atoms with Gasteiger partial charge in [0.2, 0.25) is 0 Å². The predicted octanol–water partition coefficient (Wildman–Crippen LogP) is 3.44. The average molecular weight is 295 g/mol. The molecule has 4 nitrogen and oxygen atoms in total. The Bertz CT molecular complexity index is 387. The van der Waals surface area contributed by atoms with Crippen LogP contribution in [0.15, 0.2) is 12.3 Å². The van der Waals surface area contributed by atoms with Gasteiger partial charge in [-0.3, -0.25) is 4.68 Å². The summed E-state index contributed by atoms with van der Waals surface area (Å²) in [6, 6.07) is 2.72. The Kier molecular flexibility index (Phi) is 7.97. The fourth-order valence-electron chi connectivity index (χ4n) is 2.65. The van der Waals surface area contributed by atoms with Crippen molar-refractivity contribution in [2.24, 2.45) is 5.41 Å². The summed E-state index contributed by atoms with van der Waals surface area (Å²) in [6.07, 6.45) is 6.59. The van der Waals surface area contributed by atoms with E-state index in [1.165, 1.54) is 5.69 Å². The van der Waals surface area contributed by atoms with E-state index in [9.17, 15) is 0 Å². The number of aromatic nitrogens is 2. The van der Waals surface area contributed by atoms with Crippen LogP contribution >= 0.6 is 0 Å². The van der Waals surface area contributed by atoms with Crippen molar-refractivity contribution in [3.63, 3.8) is 0 Å². The zero-order valence-electron chi connectivity index (χ0n) is 14.5. The van der Waals surface area contributed by atoms with E-state index in [0.29, 0.717) is 6.04 Å². The number of nitrogens with one attached hydrogen (secondary N) is 1. The van der Waals surface area contributed by atoms with Gasteiger partial charge in [0.05, 0.1) is 18.3 Å². The highest BCUT2D eigenvalue weighted by Gasteiger charge is 2.23. The minimum absolute atomic E-state index is 0.251. The van der Waals surface area contributed by atoms with Crippen LogP contribution in [0.2, 0.25) is 0 Å². The maximum Gasteiger partial charge on any atom is 0.0630 e. The van der Waals surface area contributed by atoms with Crippen LogP contribution in [0.3, 0.4) is 0 Å². The van der Waals surface area contributed by atoms with Gasteiger partial charge in [0.1, 0.15) is 0 Å². The van der Waals surface area contributed by atoms with Gasteiger partial charge in [-0.05, 0) is 37.2 Å². The molecule has 0 aliphatic heterocycles. The smallest absolute Gasteiger partial charge is 0.0630 e. The van der Waals surface area contributed by atoms with Crippen LogP contribution in [-0.2, 0) is 11.2 Å². The molecule has 1 aromatic rings. The van der Waals surface area contributed by atoms with Gasteiger partial charge in [0.15, 0.2) is 0 Å². The van der Waals surface area contributed by atoms with Crippen LogP contribution in [0.4, 0.5) is 0 Å². The van der Waals surface area contributed by atoms with Gasteiger partial charge < -0.3 is 10.1 Å². The summed E-state index contributed by atoms with van der Waals surface area (Å²) in [4.78, 5) is 0. The summed E-state index contributed by atoms with van der Waals surface area (Å²) >= 11 is 0. The molecule has 0 aromatic carbocycles. The molecule has 122 valence electrons. The Hall–Kier alpha value is -0.870. The number of methoxy groups -OCH3 is 1. The lowest BCUT2D eigenvalue weighted by Gasteiger charge is -2.28. The van der Waals surface area contributed by atoms with E-state index in [1.807, 2.05) is 0 Å². The van der Waals surface area contributed by atoms with Crippen molar-refractivity contribution in [3.05, 3.63) is 18.0 Å². The SMILES string of the molecule is CCC(CC)n1ccc(CC(C)(CC)CNCCOC)n1. The molecular formula is C17H33N3O. The van der Waals surface area contributed by atoms with Gasteiger partial charge >= 0.3 is 0 Å². The first-order valence-corrected chi connectivity index (χ1v) is 8.32. The summed E-state index contributed by atoms with van der Waals surface area (Å²) in [5.41, 5.74) is 1.46. The van der Waals surface area contributed by atoms with E-state index in [0.717, 1.165) is 45.4 Å². The van der Waals surface area contributed by atoms with E-state index in [2.05, 4.69) is 50.0 Å². The number of hydrogen-bond donors (Lipinski definition) is 1. The summed E-state index contributed by atoms with van der Waals surface area (Å²) in [5, 5.41) is 8.28. The summed E-state index contributed by atoms with van der Waals surface area (Å²) in [7, 11) is 1.74. The molecule has 0 fully saturated rings. The van der Waals surface area contributed by atoms with Crippen LogP contribution in [0.1, 0.15) is 58.7 Å². The van der Waals surface area contributed by atoms with E-state index in [-0.39, 0.29) is 5.41 Å². The first kappa shape index (κ1) is 18.2. The second-order valence-electron chi connectivity index (χ2n) is 6.27. The Morgan fingerprint density at radius 2 is 2.05 bits per heavy atom. The maximum absolute atomic E-state index is 5.08. The van der Waals surface area contributed by atoms with Crippen molar-refractivity contribution in [1.82, 2.24) is 15.1 Å². The van der Waals surface area contributed by atoms with Gasteiger partial charge in [0, 0.05) is 26.4 Å². The highest BCUT2D eigenvalue weighted by molar-refractivity contribution is 5.03. The van der Waals surface area contributed by atoms with Crippen molar-refractivity contribution in [1.29, 1.82) is 0 Å². The molecule has 1 atom stereocenters. The molecule has 0 saturated heterocycles. The highest BCUT2D eigenvalue weighted by Crippen LogP contribution is 2.25. The molecule has 1 rings (SSSR count). The first-order valence-electron chi connectivity index (χ1n) is 8.32. The summed E-state index contributed by atoms with van der Waals surface area (Å²) in [6.45, 7) is 11.7. The molecule has 1 aromatic heterocycles. The van der Waals surface area contributed by atoms with Crippen molar-refractivity contribution >= 4 is 0 Å². The molecule has 0 aliphatic rings. The minimum Gasteiger partial charge on any atom is -0.383 e. The fourth-order valence-corrected chi connectivity index (χ4v) is 2.65. The lowest BCUT2D eigenvalue weighted by atomic mass is 9.82. The van der Waals surface area contributed by atoms with E-state index >= 15 is 0 Å². The number of nitrogens with zero attached hydrogens (tertiary/aromatic N) is 2. The molecule has 0 radical (unpaired) electrons. The monoisotopic (exact) mass is 295 g/mol. The van der Waals surface area contributed by atoms with Crippen molar-refractivity contribution in [2.45, 2.75) is 59.4 Å². The fraction of sp³-hybridized carbons (Fsp3) is 0.824. The van der Waals surface area contributed by atoms with Crippen LogP contribution in [-0.4, -0.2) is 36.6 Å². The van der Waals surface area contributed by atoms with Crippen LogP contribution in [0, 0.1) is 5.41 Å². The second-order valence-corrected chi connectivity index (χ2v) is 6.27. The molecule has 1 N–H and O–H groups in total. The third kappa shape index (κ3) is 5.79. The summed E-state index contributed by atoms with van der Waals surface area (Å²) in [5.74, 6) is 0. The lowest BCUT2D eigenvalue weighted by Crippen LogP contribution is -2.35. The minimum atomic E-state index is 0.251. The molecular weight excluding hydrogens is 262 g/mol. The topological polar surface area (TPSA) is 39.1 Å². The normalized spacial score (nSPS) is 14.6. The first-order chi connectivity index (χ1) is 10.1. The lowest BCUT2D eigenvalue weighted by molar-refractivity contribution is 0.191. The Balaban J connectivity index is 2.59. The third-order valence-electron chi connectivity index (χ3n) is 4.48. The van der Waals surface area contributed by atoms with Crippen LogP contribution < -0.4 is 5.32 Å². The Morgan fingerprint density at radius 3 is 2.62 bits per heavy atom. The van der Waals surface area contributed by atoms with Gasteiger partial charge in [-0.25, -0.2) is 0 Å². The van der Waals surface area contributed by atoms with Crippen LogP contribution in [0.5, 0.6) is 0 Å². The van der Waals surface area contributed by atoms with E-state index < -0.39 is 0 Å². The summed E-state index contributed by atoms with van der Waals surface area (Å²) < 4.78 is 7.23. The molecule has 1 heterocycles. The molecule has 0 spiro atoms. The molecule has 0 aliphatic carbocycles. The number of ether oxygens (including phenoxy) is 1. The number of hydrogen-bond acceptors (Lipinski definition) is 3. The zero-order valence-corrected chi connectivity index (χ0v) is 14.5. The van der Waals surface area contributed by atoms with Gasteiger partial charge in [0.25, 0.3) is 0 Å². The highest BCUT2D eigenvalue weighted by atomic mass is 16.5. The zero-order chi connectivity index (χ0) is 15.7. The number of rotatable bonds is 11. The quantitative estimate of drug-likeness (QED) is 0.636. The van der Waals surface area contributed by atoms with Gasteiger partial charge in [-0.1, -0.05) is 27.7 Å². The van der Waals surface area contributed by atoms with E-state index in [1.54, 1.807) is 7.11 Å². The average Bonchev–Trinajstić information content (AvgIpc) is 2.93. The molecule has 4 heteroatoms. The molecule has 0 saturated carbocycles. The molecule has 1 unspecified atom stereocenters.